The predicted octanol–water partition coefficient (Wildman–Crippen LogP) is -0.204. The maximum absolute atomic E-state index is 13.3. The fourth-order valence-corrected chi connectivity index (χ4v) is 8.31. The Balaban J connectivity index is 1.69. The number of fused-ring (bicyclic) bond motifs is 5. The van der Waals surface area contributed by atoms with Gasteiger partial charge in [0.25, 0.3) is 0 Å². The van der Waals surface area contributed by atoms with Crippen molar-refractivity contribution in [1.82, 2.24) is 0 Å². The van der Waals surface area contributed by atoms with E-state index in [2.05, 4.69) is 0 Å². The summed E-state index contributed by atoms with van der Waals surface area (Å²) < 4.78 is 0. The Kier molecular flexibility index (Phi) is 6.67. The fourth-order valence-electron chi connectivity index (χ4n) is 8.31. The van der Waals surface area contributed by atoms with Crippen molar-refractivity contribution in [2.45, 2.75) is 120 Å². The lowest BCUT2D eigenvalue weighted by Gasteiger charge is -2.61. The summed E-state index contributed by atoms with van der Waals surface area (Å²) >= 11 is 0. The average molecular weight is 513 g/mol. The molecule has 0 heterocycles. The third kappa shape index (κ3) is 3.69. The molecule has 4 aliphatic rings. The number of aliphatic hydroxyl groups is 8. The molecule has 0 aromatic rings. The molecule has 0 aromatic heterocycles. The zero-order valence-corrected chi connectivity index (χ0v) is 21.9. The number of ketones is 1. The summed E-state index contributed by atoms with van der Waals surface area (Å²) in [5.41, 5.74) is -6.13. The molecule has 36 heavy (non-hydrogen) atoms. The van der Waals surface area contributed by atoms with Crippen molar-refractivity contribution in [3.05, 3.63) is 11.6 Å². The first kappa shape index (κ1) is 28.1. The largest absolute Gasteiger partial charge is 0.390 e. The van der Waals surface area contributed by atoms with Crippen LogP contribution < -0.4 is 0 Å². The van der Waals surface area contributed by atoms with Crippen LogP contribution in [0.15, 0.2) is 11.6 Å². The van der Waals surface area contributed by atoms with Crippen molar-refractivity contribution in [2.75, 3.05) is 0 Å². The normalized spacial score (nSPS) is 48.2. The molecular formula is C27H44O9. The van der Waals surface area contributed by atoms with Gasteiger partial charge >= 0.3 is 0 Å². The van der Waals surface area contributed by atoms with Gasteiger partial charge in [-0.25, -0.2) is 0 Å². The van der Waals surface area contributed by atoms with E-state index in [4.69, 9.17) is 0 Å². The number of carbonyl (C=O) groups excluding carboxylic acids is 1. The van der Waals surface area contributed by atoms with Crippen molar-refractivity contribution in [2.24, 2.45) is 28.6 Å². The standard InChI is InChI=1S/C27H44O9/c1-23(2,34)19(30)12-20(31)26(5,35)18-7-9-27(36)14-10-16(28)15-11-17(29)21(32)22(33)25(15,4)13(14)6-8-24(18,27)3/h10,13,15,17-22,29-36H,6-9,11-12H2,1-5H3/t13-,15+,17-,18+,19?,20-,21+,22-,24-,25-,26-,27-/m1/s1. The second-order valence-corrected chi connectivity index (χ2v) is 13.3. The lowest BCUT2D eigenvalue weighted by Crippen LogP contribution is -2.67. The molecule has 9 heteroatoms. The van der Waals surface area contributed by atoms with Crippen LogP contribution in [0.4, 0.5) is 0 Å². The Morgan fingerprint density at radius 3 is 2.19 bits per heavy atom. The number of allylic oxidation sites excluding steroid dienone is 1. The van der Waals surface area contributed by atoms with E-state index >= 15 is 0 Å². The van der Waals surface area contributed by atoms with Gasteiger partial charge in [-0.15, -0.1) is 0 Å². The molecule has 0 aliphatic heterocycles. The number of hydrogen-bond donors (Lipinski definition) is 8. The van der Waals surface area contributed by atoms with Gasteiger partial charge in [0.05, 0.1) is 41.2 Å². The van der Waals surface area contributed by atoms with Crippen LogP contribution in [0.5, 0.6) is 0 Å². The van der Waals surface area contributed by atoms with Gasteiger partial charge in [-0.2, -0.15) is 0 Å². The molecule has 0 aromatic carbocycles. The average Bonchev–Trinajstić information content (AvgIpc) is 3.06. The highest BCUT2D eigenvalue weighted by Crippen LogP contribution is 2.68. The van der Waals surface area contributed by atoms with E-state index in [9.17, 15) is 45.6 Å². The second-order valence-electron chi connectivity index (χ2n) is 13.3. The van der Waals surface area contributed by atoms with E-state index in [1.807, 2.05) is 6.92 Å². The minimum atomic E-state index is -1.70. The zero-order chi connectivity index (χ0) is 27.2. The summed E-state index contributed by atoms with van der Waals surface area (Å²) in [6.07, 6.45) is -3.83. The first-order valence-corrected chi connectivity index (χ1v) is 13.2. The first-order chi connectivity index (χ1) is 16.3. The summed E-state index contributed by atoms with van der Waals surface area (Å²) in [4.78, 5) is 13.3. The number of aliphatic hydroxyl groups excluding tert-OH is 5. The van der Waals surface area contributed by atoms with E-state index in [1.54, 1.807) is 6.92 Å². The molecule has 0 spiro atoms. The SMILES string of the molecule is CC(C)(O)C(O)C[C@@H](O)[C@](C)(O)[C@H]1CC[C@@]2(O)C3=CC(=O)[C@@H]4C[C@@H](O)[C@H](O)[C@@H](O)[C@]4(C)[C@@H]3CC[C@]12C. The molecule has 0 saturated heterocycles. The quantitative estimate of drug-likeness (QED) is 0.247. The molecule has 4 aliphatic carbocycles. The summed E-state index contributed by atoms with van der Waals surface area (Å²) in [6, 6.07) is 0. The number of hydrogen-bond acceptors (Lipinski definition) is 9. The van der Waals surface area contributed by atoms with Gasteiger partial charge in [0, 0.05) is 23.2 Å². The summed E-state index contributed by atoms with van der Waals surface area (Å²) in [6.45, 7) is 7.94. The zero-order valence-electron chi connectivity index (χ0n) is 21.9. The Morgan fingerprint density at radius 1 is 1.00 bits per heavy atom. The van der Waals surface area contributed by atoms with Crippen LogP contribution in [0.25, 0.3) is 0 Å². The van der Waals surface area contributed by atoms with E-state index < -0.39 is 75.9 Å². The summed E-state index contributed by atoms with van der Waals surface area (Å²) in [7, 11) is 0. The molecule has 0 radical (unpaired) electrons. The van der Waals surface area contributed by atoms with Crippen molar-refractivity contribution in [1.29, 1.82) is 0 Å². The lowest BCUT2D eigenvalue weighted by atomic mass is 9.45. The molecule has 3 fully saturated rings. The minimum Gasteiger partial charge on any atom is -0.390 e. The van der Waals surface area contributed by atoms with Gasteiger partial charge in [-0.1, -0.05) is 13.8 Å². The fraction of sp³-hybridized carbons (Fsp3) is 0.889. The third-order valence-corrected chi connectivity index (χ3v) is 10.9. The highest BCUT2D eigenvalue weighted by atomic mass is 16.4. The molecule has 3 saturated carbocycles. The van der Waals surface area contributed by atoms with Crippen LogP contribution in [0.3, 0.4) is 0 Å². The monoisotopic (exact) mass is 512 g/mol. The van der Waals surface area contributed by atoms with Gasteiger partial charge in [0.15, 0.2) is 5.78 Å². The molecule has 9 nitrogen and oxygen atoms in total. The molecule has 4 rings (SSSR count). The van der Waals surface area contributed by atoms with Gasteiger partial charge in [0.2, 0.25) is 0 Å². The smallest absolute Gasteiger partial charge is 0.159 e. The molecule has 8 N–H and O–H groups in total. The molecule has 0 bridgehead atoms. The van der Waals surface area contributed by atoms with Crippen molar-refractivity contribution < 1.29 is 45.6 Å². The molecular weight excluding hydrogens is 468 g/mol. The van der Waals surface area contributed by atoms with E-state index in [1.165, 1.54) is 26.8 Å². The van der Waals surface area contributed by atoms with E-state index in [0.717, 1.165) is 0 Å². The molecule has 206 valence electrons. The van der Waals surface area contributed by atoms with Gasteiger partial charge in [-0.3, -0.25) is 4.79 Å². The highest BCUT2D eigenvalue weighted by Gasteiger charge is 2.70. The maximum atomic E-state index is 13.3. The van der Waals surface area contributed by atoms with Crippen LogP contribution in [0, 0.1) is 28.6 Å². The molecule has 0 amide bonds. The minimum absolute atomic E-state index is 0.0383. The van der Waals surface area contributed by atoms with Gasteiger partial charge in [-0.05, 0) is 76.4 Å². The van der Waals surface area contributed by atoms with E-state index in [0.29, 0.717) is 24.8 Å². The maximum Gasteiger partial charge on any atom is 0.159 e. The highest BCUT2D eigenvalue weighted by molar-refractivity contribution is 5.95. The van der Waals surface area contributed by atoms with Crippen LogP contribution in [-0.2, 0) is 4.79 Å². The van der Waals surface area contributed by atoms with Crippen molar-refractivity contribution >= 4 is 5.78 Å². The summed E-state index contributed by atoms with van der Waals surface area (Å²) in [5.74, 6) is -1.96. The van der Waals surface area contributed by atoms with Crippen molar-refractivity contribution in [3.63, 3.8) is 0 Å². The third-order valence-electron chi connectivity index (χ3n) is 10.9. The number of carbonyl (C=O) groups is 1. The van der Waals surface area contributed by atoms with Gasteiger partial charge < -0.3 is 40.9 Å². The van der Waals surface area contributed by atoms with Crippen LogP contribution >= 0.6 is 0 Å². The van der Waals surface area contributed by atoms with Gasteiger partial charge in [0.1, 0.15) is 6.10 Å². The first-order valence-electron chi connectivity index (χ1n) is 13.2. The Bertz CT molecular complexity index is 925. The predicted molar refractivity (Wildman–Crippen MR) is 129 cm³/mol. The summed E-state index contributed by atoms with van der Waals surface area (Å²) in [5, 5.41) is 86.9. The molecule has 12 atom stereocenters. The second kappa shape index (κ2) is 8.55. The lowest BCUT2D eigenvalue weighted by molar-refractivity contribution is -0.206. The molecule has 1 unspecified atom stereocenters. The van der Waals surface area contributed by atoms with Crippen LogP contribution in [0.2, 0.25) is 0 Å². The number of rotatable bonds is 5. The Hall–Kier alpha value is -0.910. The van der Waals surface area contributed by atoms with Crippen molar-refractivity contribution in [3.8, 4) is 0 Å². The van der Waals surface area contributed by atoms with E-state index in [-0.39, 0.29) is 25.0 Å². The Morgan fingerprint density at radius 2 is 1.61 bits per heavy atom. The Labute approximate surface area is 212 Å². The van der Waals surface area contributed by atoms with Crippen LogP contribution in [-0.4, -0.2) is 94.0 Å². The topological polar surface area (TPSA) is 179 Å². The van der Waals surface area contributed by atoms with Crippen LogP contribution in [0.1, 0.15) is 73.1 Å².